The van der Waals surface area contributed by atoms with Crippen LogP contribution in [0.2, 0.25) is 0 Å². The van der Waals surface area contributed by atoms with Crippen molar-refractivity contribution in [1.29, 1.82) is 0 Å². The second-order valence-corrected chi connectivity index (χ2v) is 10.3. The van der Waals surface area contributed by atoms with Gasteiger partial charge in [0.15, 0.2) is 0 Å². The smallest absolute Gasteiger partial charge is 0.448 e. The summed E-state index contributed by atoms with van der Waals surface area (Å²) in [5, 5.41) is 0. The average Bonchev–Trinajstić information content (AvgIpc) is 3.24. The van der Waals surface area contributed by atoms with Gasteiger partial charge in [0, 0.05) is 12.0 Å². The van der Waals surface area contributed by atoms with Gasteiger partial charge in [-0.3, -0.25) is 4.90 Å². The number of alkyl halides is 4. The number of rotatable bonds is 6. The maximum absolute atomic E-state index is 13.4. The summed E-state index contributed by atoms with van der Waals surface area (Å²) in [5.41, 5.74) is 6.10. The predicted octanol–water partition coefficient (Wildman–Crippen LogP) is 7.88. The van der Waals surface area contributed by atoms with E-state index in [-0.39, 0.29) is 36.5 Å². The highest BCUT2D eigenvalue weighted by molar-refractivity contribution is 5.79. The third-order valence-corrected chi connectivity index (χ3v) is 7.90. The van der Waals surface area contributed by atoms with Gasteiger partial charge in [-0.1, -0.05) is 66.7 Å². The topological polar surface area (TPSA) is 38.8 Å². The third-order valence-electron chi connectivity index (χ3n) is 7.90. The first-order valence-corrected chi connectivity index (χ1v) is 13.1. The lowest BCUT2D eigenvalue weighted by molar-refractivity contribution is -0.253. The first kappa shape index (κ1) is 25.5. The fourth-order valence-corrected chi connectivity index (χ4v) is 6.16. The van der Waals surface area contributed by atoms with Crippen molar-refractivity contribution in [1.82, 2.24) is 4.90 Å². The van der Waals surface area contributed by atoms with Crippen molar-refractivity contribution in [3.05, 3.63) is 95.6 Å². The fourth-order valence-electron chi connectivity index (χ4n) is 6.16. The summed E-state index contributed by atoms with van der Waals surface area (Å²) in [6.07, 6.45) is -3.90. The van der Waals surface area contributed by atoms with Crippen molar-refractivity contribution in [2.75, 3.05) is 6.61 Å². The number of halogens is 4. The molecule has 4 nitrogen and oxygen atoms in total. The molecule has 8 heteroatoms. The second-order valence-electron chi connectivity index (χ2n) is 10.3. The molecule has 3 aliphatic rings. The Morgan fingerprint density at radius 3 is 2.31 bits per heavy atom. The number of amides is 1. The number of fused-ring (bicyclic) bond motifs is 5. The molecule has 2 unspecified atom stereocenters. The van der Waals surface area contributed by atoms with Crippen LogP contribution in [0.3, 0.4) is 0 Å². The maximum atomic E-state index is 13.4. The number of piperidine rings is 1. The molecule has 1 saturated heterocycles. The minimum atomic E-state index is -4.57. The number of ether oxygens (including phenoxy) is 2. The standard InChI is InChI=1S/C31H27F4NO3/c32-29(33)31(34,35)39-23-10-5-7-19(17-23)20-15-21-8-6-9-22(16-20)36(21)30(37)38-18-28-26-13-3-1-11-24(26)25-12-2-4-14-27(25)28/h1-5,7,10-15,17,21-22,28-29H,6,8-9,16,18H2. The Morgan fingerprint density at radius 1 is 0.949 bits per heavy atom. The lowest BCUT2D eigenvalue weighted by Gasteiger charge is -2.44. The molecule has 3 aromatic rings. The second kappa shape index (κ2) is 10.1. The summed E-state index contributed by atoms with van der Waals surface area (Å²) >= 11 is 0. The van der Waals surface area contributed by atoms with E-state index in [1.54, 1.807) is 11.0 Å². The van der Waals surface area contributed by atoms with E-state index in [1.165, 1.54) is 18.2 Å². The van der Waals surface area contributed by atoms with E-state index >= 15 is 0 Å². The van der Waals surface area contributed by atoms with Gasteiger partial charge in [-0.25, -0.2) is 4.79 Å². The van der Waals surface area contributed by atoms with Crippen LogP contribution in [0.5, 0.6) is 5.75 Å². The van der Waals surface area contributed by atoms with E-state index in [0.29, 0.717) is 12.0 Å². The number of hydrogen-bond acceptors (Lipinski definition) is 3. The van der Waals surface area contributed by atoms with Crippen LogP contribution in [-0.4, -0.2) is 42.2 Å². The Balaban J connectivity index is 1.19. The molecule has 0 N–H and O–H groups in total. The number of nitrogens with zero attached hydrogens (tertiary/aromatic N) is 1. The van der Waals surface area contributed by atoms with Crippen LogP contribution in [-0.2, 0) is 4.74 Å². The summed E-state index contributed by atoms with van der Waals surface area (Å²) in [5.74, 6) is -0.367. The molecule has 39 heavy (non-hydrogen) atoms. The molecule has 2 heterocycles. The predicted molar refractivity (Wildman–Crippen MR) is 139 cm³/mol. The highest BCUT2D eigenvalue weighted by Gasteiger charge is 2.44. The quantitative estimate of drug-likeness (QED) is 0.300. The number of carbonyl (C=O) groups excluding carboxylic acids is 1. The molecule has 1 aliphatic carbocycles. The molecule has 202 valence electrons. The zero-order valence-electron chi connectivity index (χ0n) is 21.0. The van der Waals surface area contributed by atoms with E-state index in [2.05, 4.69) is 29.0 Å². The molecule has 1 fully saturated rings. The molecule has 0 spiro atoms. The minimum absolute atomic E-state index is 0.0359. The van der Waals surface area contributed by atoms with Gasteiger partial charge in [0.25, 0.3) is 0 Å². The van der Waals surface area contributed by atoms with Crippen molar-refractivity contribution in [2.24, 2.45) is 0 Å². The lowest BCUT2D eigenvalue weighted by atomic mass is 9.83. The summed E-state index contributed by atoms with van der Waals surface area (Å²) in [4.78, 5) is 15.2. The van der Waals surface area contributed by atoms with Crippen LogP contribution >= 0.6 is 0 Å². The van der Waals surface area contributed by atoms with Gasteiger partial charge in [-0.15, -0.1) is 0 Å². The van der Waals surface area contributed by atoms with Gasteiger partial charge in [0.1, 0.15) is 12.4 Å². The molecule has 0 aromatic heterocycles. The Kier molecular flexibility index (Phi) is 6.57. The van der Waals surface area contributed by atoms with Gasteiger partial charge in [0.2, 0.25) is 0 Å². The minimum Gasteiger partial charge on any atom is -0.448 e. The van der Waals surface area contributed by atoms with Crippen LogP contribution in [0.1, 0.15) is 48.3 Å². The van der Waals surface area contributed by atoms with Gasteiger partial charge >= 0.3 is 18.6 Å². The van der Waals surface area contributed by atoms with E-state index < -0.39 is 12.5 Å². The first-order chi connectivity index (χ1) is 18.8. The van der Waals surface area contributed by atoms with Crippen molar-refractivity contribution < 1.29 is 31.8 Å². The van der Waals surface area contributed by atoms with Crippen LogP contribution in [0.25, 0.3) is 16.7 Å². The number of carbonyl (C=O) groups is 1. The van der Waals surface area contributed by atoms with E-state index in [1.807, 2.05) is 30.3 Å². The summed E-state index contributed by atoms with van der Waals surface area (Å²) < 4.78 is 62.3. The van der Waals surface area contributed by atoms with Gasteiger partial charge in [-0.2, -0.15) is 17.6 Å². The summed E-state index contributed by atoms with van der Waals surface area (Å²) in [7, 11) is 0. The van der Waals surface area contributed by atoms with Crippen LogP contribution < -0.4 is 4.74 Å². The highest BCUT2D eigenvalue weighted by atomic mass is 19.3. The molecule has 2 bridgehead atoms. The molecule has 1 amide bonds. The fraction of sp³-hybridized carbons (Fsp3) is 0.323. The van der Waals surface area contributed by atoms with Gasteiger partial charge < -0.3 is 9.47 Å². The van der Waals surface area contributed by atoms with E-state index in [0.717, 1.165) is 47.1 Å². The van der Waals surface area contributed by atoms with Crippen LogP contribution in [0.4, 0.5) is 22.4 Å². The Morgan fingerprint density at radius 2 is 1.64 bits per heavy atom. The van der Waals surface area contributed by atoms with Crippen LogP contribution in [0, 0.1) is 0 Å². The molecule has 0 saturated carbocycles. The SMILES string of the molecule is O=C(OCC1c2ccccc2-c2ccccc21)N1C2C=C(c3cccc(OC(F)(F)C(F)F)c3)CC1CCC2. The monoisotopic (exact) mass is 537 g/mol. The molecule has 0 radical (unpaired) electrons. The van der Waals surface area contributed by atoms with E-state index in [9.17, 15) is 22.4 Å². The Bertz CT molecular complexity index is 1380. The normalized spacial score (nSPS) is 20.3. The highest BCUT2D eigenvalue weighted by Crippen LogP contribution is 2.45. The van der Waals surface area contributed by atoms with Crippen molar-refractivity contribution >= 4 is 11.7 Å². The number of hydrogen-bond donors (Lipinski definition) is 0. The van der Waals surface area contributed by atoms with Crippen molar-refractivity contribution in [2.45, 2.75) is 56.2 Å². The van der Waals surface area contributed by atoms with Crippen molar-refractivity contribution in [3.63, 3.8) is 0 Å². The Hall–Kier alpha value is -3.81. The van der Waals surface area contributed by atoms with Crippen molar-refractivity contribution in [3.8, 4) is 16.9 Å². The molecule has 2 aliphatic heterocycles. The van der Waals surface area contributed by atoms with Gasteiger partial charge in [0.05, 0.1) is 6.04 Å². The van der Waals surface area contributed by atoms with Crippen LogP contribution in [0.15, 0.2) is 78.9 Å². The largest absolute Gasteiger partial charge is 0.461 e. The Labute approximate surface area is 223 Å². The summed E-state index contributed by atoms with van der Waals surface area (Å²) in [6, 6.07) is 21.8. The zero-order valence-corrected chi connectivity index (χ0v) is 21.0. The van der Waals surface area contributed by atoms with E-state index in [4.69, 9.17) is 4.74 Å². The lowest BCUT2D eigenvalue weighted by Crippen LogP contribution is -2.51. The molecular formula is C31H27F4NO3. The van der Waals surface area contributed by atoms with Gasteiger partial charge in [-0.05, 0) is 71.2 Å². The number of benzene rings is 3. The molecular weight excluding hydrogens is 510 g/mol. The average molecular weight is 538 g/mol. The third kappa shape index (κ3) is 4.77. The molecule has 3 aromatic carbocycles. The summed E-state index contributed by atoms with van der Waals surface area (Å²) in [6.45, 7) is 0.233. The molecule has 2 atom stereocenters. The first-order valence-electron chi connectivity index (χ1n) is 13.1. The molecule has 6 rings (SSSR count). The zero-order chi connectivity index (χ0) is 27.1. The maximum Gasteiger partial charge on any atom is 0.461 e.